The zero-order valence-electron chi connectivity index (χ0n) is 5.97. The third kappa shape index (κ3) is 5.82. The van der Waals surface area contributed by atoms with Crippen LogP contribution in [-0.2, 0) is 0 Å². The van der Waals surface area contributed by atoms with Gasteiger partial charge in [0.2, 0.25) is 0 Å². The van der Waals surface area contributed by atoms with Crippen LogP contribution in [0, 0.1) is 0 Å². The monoisotopic (exact) mass is 161 g/mol. The van der Waals surface area contributed by atoms with E-state index < -0.39 is 0 Å². The average molecular weight is 162 g/mol. The molecule has 0 saturated heterocycles. The Hall–Kier alpha value is -0.310. The van der Waals surface area contributed by atoms with Gasteiger partial charge in [-0.1, -0.05) is 24.3 Å². The highest BCUT2D eigenvalue weighted by atomic mass is 35.5. The number of rotatable bonds is 4. The minimum Gasteiger partial charge on any atom is -0.317 e. The van der Waals surface area contributed by atoms with E-state index in [-0.39, 0.29) is 6.04 Å². The largest absolute Gasteiger partial charge is 0.317 e. The number of nitrogens with one attached hydrogen (secondary N) is 1. The Morgan fingerprint density at radius 1 is 1.90 bits per heavy atom. The van der Waals surface area contributed by atoms with Crippen LogP contribution in [0.4, 0.5) is 0 Å². The highest BCUT2D eigenvalue weighted by Gasteiger charge is 1.92. The van der Waals surface area contributed by atoms with Crippen LogP contribution in [0.1, 0.15) is 13.3 Å². The number of hydroxylamine groups is 1. The predicted octanol–water partition coefficient (Wildman–Crippen LogP) is 2.05. The van der Waals surface area contributed by atoms with Crippen molar-refractivity contribution in [1.29, 1.82) is 0 Å². The van der Waals surface area contributed by atoms with E-state index in [9.17, 15) is 0 Å². The van der Waals surface area contributed by atoms with E-state index >= 15 is 0 Å². The third-order valence-electron chi connectivity index (χ3n) is 1.01. The summed E-state index contributed by atoms with van der Waals surface area (Å²) in [5.74, 6) is 0. The first-order valence-electron chi connectivity index (χ1n) is 3.07. The number of halogens is 1. The summed E-state index contributed by atoms with van der Waals surface area (Å²) in [4.78, 5) is 0. The Balaban J connectivity index is 3.43. The van der Waals surface area contributed by atoms with Crippen molar-refractivity contribution in [2.24, 2.45) is 0 Å². The molecule has 0 aromatic heterocycles. The van der Waals surface area contributed by atoms with Gasteiger partial charge in [-0.15, -0.1) is 0 Å². The maximum absolute atomic E-state index is 8.36. The summed E-state index contributed by atoms with van der Waals surface area (Å²) >= 11 is 5.44. The molecule has 2 N–H and O–H groups in total. The molecule has 2 nitrogen and oxygen atoms in total. The van der Waals surface area contributed by atoms with Crippen molar-refractivity contribution in [1.82, 2.24) is 5.48 Å². The first-order valence-corrected chi connectivity index (χ1v) is 3.45. The van der Waals surface area contributed by atoms with Crippen molar-refractivity contribution >= 4 is 11.6 Å². The highest BCUT2D eigenvalue weighted by molar-refractivity contribution is 6.30. The number of hydrogen-bond donors (Lipinski definition) is 2. The van der Waals surface area contributed by atoms with E-state index in [1.54, 1.807) is 6.08 Å². The van der Waals surface area contributed by atoms with E-state index in [1.807, 2.05) is 13.0 Å². The van der Waals surface area contributed by atoms with Gasteiger partial charge >= 0.3 is 0 Å². The summed E-state index contributed by atoms with van der Waals surface area (Å²) in [7, 11) is 0. The van der Waals surface area contributed by atoms with Crippen molar-refractivity contribution in [3.8, 4) is 0 Å². The van der Waals surface area contributed by atoms with Crippen molar-refractivity contribution in [2.75, 3.05) is 0 Å². The number of allylic oxidation sites excluding steroid dienone is 2. The average Bonchev–Trinajstić information content (AvgIpc) is 1.87. The summed E-state index contributed by atoms with van der Waals surface area (Å²) in [5, 5.41) is 8.87. The lowest BCUT2D eigenvalue weighted by atomic mass is 10.2. The van der Waals surface area contributed by atoms with Gasteiger partial charge in [0.05, 0.1) is 0 Å². The Bertz CT molecular complexity index is 134. The Labute approximate surface area is 66.2 Å². The molecule has 0 bridgehead atoms. The highest BCUT2D eigenvalue weighted by Crippen LogP contribution is 2.00. The van der Waals surface area contributed by atoms with E-state index in [1.165, 1.54) is 0 Å². The molecule has 0 radical (unpaired) electrons. The second kappa shape index (κ2) is 5.47. The second-order valence-corrected chi connectivity index (χ2v) is 2.60. The van der Waals surface area contributed by atoms with E-state index in [0.29, 0.717) is 5.03 Å². The van der Waals surface area contributed by atoms with E-state index in [4.69, 9.17) is 16.8 Å². The van der Waals surface area contributed by atoms with E-state index in [2.05, 4.69) is 12.1 Å². The van der Waals surface area contributed by atoms with Crippen LogP contribution in [0.25, 0.3) is 0 Å². The fourth-order valence-electron chi connectivity index (χ4n) is 0.453. The van der Waals surface area contributed by atoms with Gasteiger partial charge in [-0.05, 0) is 19.4 Å². The zero-order chi connectivity index (χ0) is 7.98. The van der Waals surface area contributed by atoms with Gasteiger partial charge in [0.1, 0.15) is 0 Å². The summed E-state index contributed by atoms with van der Waals surface area (Å²) in [6, 6.07) is 0.0623. The fourth-order valence-corrected chi connectivity index (χ4v) is 0.542. The lowest BCUT2D eigenvalue weighted by molar-refractivity contribution is 0.134. The quantitative estimate of drug-likeness (QED) is 0.489. The molecule has 58 valence electrons. The molecule has 0 saturated carbocycles. The maximum atomic E-state index is 8.36. The van der Waals surface area contributed by atoms with Gasteiger partial charge in [-0.25, -0.2) is 5.48 Å². The topological polar surface area (TPSA) is 32.3 Å². The molecule has 1 unspecified atom stereocenters. The van der Waals surface area contributed by atoms with Crippen LogP contribution in [0.15, 0.2) is 23.8 Å². The van der Waals surface area contributed by atoms with Crippen molar-refractivity contribution in [2.45, 2.75) is 19.4 Å². The molecule has 0 aliphatic carbocycles. The molecule has 0 aromatic rings. The molecule has 3 heteroatoms. The van der Waals surface area contributed by atoms with Crippen LogP contribution >= 0.6 is 11.6 Å². The molecule has 10 heavy (non-hydrogen) atoms. The first-order chi connectivity index (χ1) is 4.66. The molecular formula is C7H12ClNO. The second-order valence-electron chi connectivity index (χ2n) is 2.12. The van der Waals surface area contributed by atoms with Crippen LogP contribution in [0.2, 0.25) is 0 Å². The minimum atomic E-state index is 0.0623. The Morgan fingerprint density at radius 2 is 2.50 bits per heavy atom. The molecule has 0 aromatic carbocycles. The predicted molar refractivity (Wildman–Crippen MR) is 43.1 cm³/mol. The third-order valence-corrected chi connectivity index (χ3v) is 1.13. The normalized spacial score (nSPS) is 13.9. The van der Waals surface area contributed by atoms with Crippen LogP contribution in [-0.4, -0.2) is 11.2 Å². The number of hydrogen-bond acceptors (Lipinski definition) is 2. The SMILES string of the molecule is C=C(Cl)/C=C\CC(C)NO. The molecule has 0 rings (SSSR count). The maximum Gasteiger partial charge on any atom is 0.0331 e. The lowest BCUT2D eigenvalue weighted by Crippen LogP contribution is -2.20. The van der Waals surface area contributed by atoms with Crippen molar-refractivity contribution in [3.63, 3.8) is 0 Å². The summed E-state index contributed by atoms with van der Waals surface area (Å²) < 4.78 is 0. The van der Waals surface area contributed by atoms with Crippen LogP contribution in [0.3, 0.4) is 0 Å². The molecule has 0 aliphatic rings. The van der Waals surface area contributed by atoms with Gasteiger partial charge in [0.25, 0.3) is 0 Å². The van der Waals surface area contributed by atoms with Crippen molar-refractivity contribution in [3.05, 3.63) is 23.8 Å². The van der Waals surface area contributed by atoms with Gasteiger partial charge in [-0.3, -0.25) is 0 Å². The minimum absolute atomic E-state index is 0.0623. The molecule has 0 heterocycles. The van der Waals surface area contributed by atoms with E-state index in [0.717, 1.165) is 6.42 Å². The molecule has 0 fully saturated rings. The molecule has 0 spiro atoms. The van der Waals surface area contributed by atoms with Crippen molar-refractivity contribution < 1.29 is 5.21 Å². The summed E-state index contributed by atoms with van der Waals surface area (Å²) in [6.07, 6.45) is 4.29. The van der Waals surface area contributed by atoms with Gasteiger partial charge in [-0.2, -0.15) is 0 Å². The molecule has 1 atom stereocenters. The zero-order valence-corrected chi connectivity index (χ0v) is 6.73. The first kappa shape index (κ1) is 9.69. The van der Waals surface area contributed by atoms with Gasteiger partial charge in [0, 0.05) is 11.1 Å². The smallest absolute Gasteiger partial charge is 0.0331 e. The van der Waals surface area contributed by atoms with Crippen LogP contribution in [0.5, 0.6) is 0 Å². The van der Waals surface area contributed by atoms with Gasteiger partial charge in [0.15, 0.2) is 0 Å². The lowest BCUT2D eigenvalue weighted by Gasteiger charge is -2.02. The molecule has 0 amide bonds. The Morgan fingerprint density at radius 3 is 2.90 bits per heavy atom. The molecule has 0 aliphatic heterocycles. The fraction of sp³-hybridized carbons (Fsp3) is 0.429. The molecular weight excluding hydrogens is 150 g/mol. The summed E-state index contributed by atoms with van der Waals surface area (Å²) in [6.45, 7) is 5.34. The summed E-state index contributed by atoms with van der Waals surface area (Å²) in [5.41, 5.74) is 2.11. The van der Waals surface area contributed by atoms with Crippen LogP contribution < -0.4 is 5.48 Å². The standard InChI is InChI=1S/C7H12ClNO/c1-6(8)4-3-5-7(2)9-10/h3-4,7,9-10H,1,5H2,2H3/b4-3-. The van der Waals surface area contributed by atoms with Gasteiger partial charge < -0.3 is 5.21 Å². The Kier molecular flexibility index (Phi) is 5.30.